The predicted molar refractivity (Wildman–Crippen MR) is 138 cm³/mol. The number of aromatic nitrogens is 2. The summed E-state index contributed by atoms with van der Waals surface area (Å²) in [6, 6.07) is 8.86. The second-order valence-electron chi connectivity index (χ2n) is 9.81. The molecule has 0 unspecified atom stereocenters. The van der Waals surface area contributed by atoms with Crippen molar-refractivity contribution in [3.8, 4) is 10.4 Å². The predicted octanol–water partition coefficient (Wildman–Crippen LogP) is 4.25. The summed E-state index contributed by atoms with van der Waals surface area (Å²) in [5, 5.41) is 17.5. The highest BCUT2D eigenvalue weighted by Crippen LogP contribution is 2.32. The molecule has 1 aliphatic heterocycles. The van der Waals surface area contributed by atoms with E-state index in [9.17, 15) is 14.7 Å². The van der Waals surface area contributed by atoms with Gasteiger partial charge in [0.05, 0.1) is 33.9 Å². The molecular weight excluding hydrogens is 476 g/mol. The van der Waals surface area contributed by atoms with Crippen molar-refractivity contribution in [2.45, 2.75) is 71.6 Å². The van der Waals surface area contributed by atoms with Crippen LogP contribution in [0.1, 0.15) is 68.8 Å². The molecule has 3 aromatic rings. The zero-order valence-electron chi connectivity index (χ0n) is 21.4. The summed E-state index contributed by atoms with van der Waals surface area (Å²) in [4.78, 5) is 33.9. The lowest BCUT2D eigenvalue weighted by Gasteiger charge is -2.29. The van der Waals surface area contributed by atoms with E-state index < -0.39 is 18.1 Å². The highest BCUT2D eigenvalue weighted by molar-refractivity contribution is 7.13. The third-order valence-corrected chi connectivity index (χ3v) is 7.80. The molecular formula is C27H34N4O4S. The Kier molecular flexibility index (Phi) is 7.90. The lowest BCUT2D eigenvalue weighted by molar-refractivity contribution is -0.141. The number of β-amino-alcohol motifs (C(OH)–C–C–N with tert-alkyl or cyclic N) is 1. The van der Waals surface area contributed by atoms with Crippen molar-refractivity contribution in [2.75, 3.05) is 6.54 Å². The molecule has 9 heteroatoms. The summed E-state index contributed by atoms with van der Waals surface area (Å²) in [5.74, 6) is -0.631. The highest BCUT2D eigenvalue weighted by Gasteiger charge is 2.43. The molecule has 192 valence electrons. The number of rotatable bonds is 8. The average Bonchev–Trinajstić information content (AvgIpc) is 3.58. The molecule has 2 amide bonds. The number of aliphatic hydroxyl groups excluding tert-OH is 1. The minimum atomic E-state index is -0.754. The SMILES string of the molecule is CCc1cc([C@@H](C(=O)N2C[C@H](O)C[C@H]2C(=O)N[C@@H](C)c2ccc(-c3scnc3C)cc2)C(C)C)on1. The lowest BCUT2D eigenvalue weighted by Crippen LogP contribution is -2.48. The molecule has 2 N–H and O–H groups in total. The van der Waals surface area contributed by atoms with E-state index in [1.54, 1.807) is 11.3 Å². The van der Waals surface area contributed by atoms with E-state index in [0.717, 1.165) is 27.4 Å². The summed E-state index contributed by atoms with van der Waals surface area (Å²) in [6.45, 7) is 9.88. The number of carbonyl (C=O) groups is 2. The number of hydrogen-bond donors (Lipinski definition) is 2. The molecule has 4 atom stereocenters. The first-order valence-electron chi connectivity index (χ1n) is 12.4. The minimum Gasteiger partial charge on any atom is -0.391 e. The molecule has 0 aliphatic carbocycles. The molecule has 36 heavy (non-hydrogen) atoms. The molecule has 0 bridgehead atoms. The maximum atomic E-state index is 13.6. The molecule has 4 rings (SSSR count). The van der Waals surface area contributed by atoms with Crippen LogP contribution in [0.3, 0.4) is 0 Å². The molecule has 8 nitrogen and oxygen atoms in total. The van der Waals surface area contributed by atoms with Crippen LogP contribution in [0.5, 0.6) is 0 Å². The van der Waals surface area contributed by atoms with Gasteiger partial charge in [-0.25, -0.2) is 4.98 Å². The number of aliphatic hydroxyl groups is 1. The Hall–Kier alpha value is -3.04. The van der Waals surface area contributed by atoms with Gasteiger partial charge in [-0.3, -0.25) is 9.59 Å². The zero-order chi connectivity index (χ0) is 26.0. The second kappa shape index (κ2) is 10.9. The number of amides is 2. The molecule has 0 saturated carbocycles. The van der Waals surface area contributed by atoms with Gasteiger partial charge in [-0.2, -0.15) is 0 Å². The number of hydrogen-bond acceptors (Lipinski definition) is 7. The summed E-state index contributed by atoms with van der Waals surface area (Å²) in [7, 11) is 0. The highest BCUT2D eigenvalue weighted by atomic mass is 32.1. The van der Waals surface area contributed by atoms with Gasteiger partial charge in [0.1, 0.15) is 17.7 Å². The fraction of sp³-hybridized carbons (Fsp3) is 0.481. The molecule has 1 aliphatic rings. The van der Waals surface area contributed by atoms with Crippen LogP contribution >= 0.6 is 11.3 Å². The van der Waals surface area contributed by atoms with Crippen LogP contribution in [0.4, 0.5) is 0 Å². The Balaban J connectivity index is 1.47. The second-order valence-corrected chi connectivity index (χ2v) is 10.7. The van der Waals surface area contributed by atoms with E-state index in [1.807, 2.05) is 70.5 Å². The Morgan fingerprint density at radius 3 is 2.56 bits per heavy atom. The van der Waals surface area contributed by atoms with Crippen LogP contribution in [0.15, 0.2) is 40.4 Å². The van der Waals surface area contributed by atoms with Crippen molar-refractivity contribution in [2.24, 2.45) is 5.92 Å². The number of nitrogens with zero attached hydrogens (tertiary/aromatic N) is 3. The minimum absolute atomic E-state index is 0.0590. The fourth-order valence-electron chi connectivity index (χ4n) is 4.76. The van der Waals surface area contributed by atoms with E-state index in [4.69, 9.17) is 4.52 Å². The van der Waals surface area contributed by atoms with Crippen molar-refractivity contribution in [1.82, 2.24) is 20.4 Å². The topological polar surface area (TPSA) is 109 Å². The van der Waals surface area contributed by atoms with Gasteiger partial charge in [-0.05, 0) is 37.3 Å². The van der Waals surface area contributed by atoms with Gasteiger partial charge in [0.2, 0.25) is 11.8 Å². The molecule has 0 spiro atoms. The van der Waals surface area contributed by atoms with Crippen molar-refractivity contribution < 1.29 is 19.2 Å². The Morgan fingerprint density at radius 2 is 1.97 bits per heavy atom. The maximum absolute atomic E-state index is 13.6. The van der Waals surface area contributed by atoms with Gasteiger partial charge in [0, 0.05) is 19.0 Å². The summed E-state index contributed by atoms with van der Waals surface area (Å²) in [6.07, 6.45) is 0.157. The van der Waals surface area contributed by atoms with Gasteiger partial charge in [-0.1, -0.05) is 50.2 Å². The third-order valence-electron chi connectivity index (χ3n) is 6.82. The Morgan fingerprint density at radius 1 is 1.25 bits per heavy atom. The Bertz CT molecular complexity index is 1200. The molecule has 1 fully saturated rings. The van der Waals surface area contributed by atoms with Crippen molar-refractivity contribution in [3.63, 3.8) is 0 Å². The van der Waals surface area contributed by atoms with Gasteiger partial charge in [-0.15, -0.1) is 11.3 Å². The van der Waals surface area contributed by atoms with Gasteiger partial charge < -0.3 is 19.8 Å². The number of nitrogens with one attached hydrogen (secondary N) is 1. The average molecular weight is 511 g/mol. The monoisotopic (exact) mass is 510 g/mol. The van der Waals surface area contributed by atoms with Crippen LogP contribution < -0.4 is 5.32 Å². The van der Waals surface area contributed by atoms with Crippen LogP contribution in [0.25, 0.3) is 10.4 Å². The number of aryl methyl sites for hydroxylation is 2. The summed E-state index contributed by atoms with van der Waals surface area (Å²) < 4.78 is 5.48. The number of thiazole rings is 1. The van der Waals surface area contributed by atoms with E-state index in [0.29, 0.717) is 12.2 Å². The number of carbonyl (C=O) groups excluding carboxylic acids is 2. The lowest BCUT2D eigenvalue weighted by atomic mass is 9.91. The van der Waals surface area contributed by atoms with Crippen molar-refractivity contribution in [3.05, 3.63) is 58.6 Å². The smallest absolute Gasteiger partial charge is 0.243 e. The first-order valence-corrected chi connectivity index (χ1v) is 13.3. The number of benzene rings is 1. The van der Waals surface area contributed by atoms with E-state index >= 15 is 0 Å². The summed E-state index contributed by atoms with van der Waals surface area (Å²) in [5.41, 5.74) is 5.66. The molecule has 1 aromatic carbocycles. The first kappa shape index (κ1) is 26.0. The molecule has 0 radical (unpaired) electrons. The quantitative estimate of drug-likeness (QED) is 0.469. The number of likely N-dealkylation sites (tertiary alicyclic amines) is 1. The molecule has 3 heterocycles. The van der Waals surface area contributed by atoms with Gasteiger partial charge in [0.25, 0.3) is 0 Å². The van der Waals surface area contributed by atoms with E-state index in [2.05, 4.69) is 15.5 Å². The fourth-order valence-corrected chi connectivity index (χ4v) is 5.57. The molecule has 2 aromatic heterocycles. The summed E-state index contributed by atoms with van der Waals surface area (Å²) >= 11 is 1.60. The van der Waals surface area contributed by atoms with Crippen LogP contribution in [0, 0.1) is 12.8 Å². The largest absolute Gasteiger partial charge is 0.391 e. The van der Waals surface area contributed by atoms with E-state index in [-0.39, 0.29) is 36.7 Å². The van der Waals surface area contributed by atoms with Crippen LogP contribution in [-0.2, 0) is 16.0 Å². The zero-order valence-corrected chi connectivity index (χ0v) is 22.2. The van der Waals surface area contributed by atoms with Gasteiger partial charge >= 0.3 is 0 Å². The third kappa shape index (κ3) is 5.37. The first-order chi connectivity index (χ1) is 17.2. The normalized spacial score (nSPS) is 19.5. The Labute approximate surface area is 215 Å². The van der Waals surface area contributed by atoms with Crippen LogP contribution in [0.2, 0.25) is 0 Å². The molecule has 1 saturated heterocycles. The maximum Gasteiger partial charge on any atom is 0.243 e. The van der Waals surface area contributed by atoms with Crippen molar-refractivity contribution in [1.29, 1.82) is 0 Å². The van der Waals surface area contributed by atoms with E-state index in [1.165, 1.54) is 4.90 Å². The van der Waals surface area contributed by atoms with Gasteiger partial charge in [0.15, 0.2) is 0 Å². The van der Waals surface area contributed by atoms with Crippen LogP contribution in [-0.4, -0.2) is 50.7 Å². The standard InChI is InChI=1S/C27H34N4O4S/c1-6-20-11-23(35-30-20)24(15(2)3)27(34)31-13-21(32)12-22(31)26(33)29-16(4)18-7-9-19(10-8-18)25-17(5)28-14-36-25/h7-11,14-16,21-22,24,32H,6,12-13H2,1-5H3,(H,29,33)/t16-,21+,22-,24-/m0/s1. The van der Waals surface area contributed by atoms with Crippen molar-refractivity contribution >= 4 is 23.2 Å².